The number of aryl methyl sites for hydroxylation is 1. The third kappa shape index (κ3) is 4.28. The molecule has 6 heteroatoms. The molecule has 0 radical (unpaired) electrons. The smallest absolute Gasteiger partial charge is 0.266 e. The predicted octanol–water partition coefficient (Wildman–Crippen LogP) is 3.97. The molecule has 0 aliphatic rings. The van der Waals surface area contributed by atoms with E-state index in [9.17, 15) is 4.79 Å². The summed E-state index contributed by atoms with van der Waals surface area (Å²) < 4.78 is 5.76. The van der Waals surface area contributed by atoms with Gasteiger partial charge in [0.15, 0.2) is 6.10 Å². The van der Waals surface area contributed by atoms with Gasteiger partial charge in [0.1, 0.15) is 11.6 Å². The predicted molar refractivity (Wildman–Crippen MR) is 94.4 cm³/mol. The van der Waals surface area contributed by atoms with Crippen LogP contribution in [0.1, 0.15) is 37.8 Å². The number of nitrogens with zero attached hydrogens (tertiary/aromatic N) is 1. The van der Waals surface area contributed by atoms with Crippen LogP contribution in [0, 0.1) is 6.92 Å². The lowest BCUT2D eigenvalue weighted by atomic mass is 9.98. The fraction of sp³-hybridized carbons (Fsp3) is 0.412. The highest BCUT2D eigenvalue weighted by Crippen LogP contribution is 2.25. The first kappa shape index (κ1) is 17.4. The number of amides is 1. The molecule has 0 unspecified atom stereocenters. The molecule has 1 heterocycles. The van der Waals surface area contributed by atoms with Gasteiger partial charge < -0.3 is 10.1 Å². The summed E-state index contributed by atoms with van der Waals surface area (Å²) in [5, 5.41) is 9.51. The summed E-state index contributed by atoms with van der Waals surface area (Å²) in [4.78, 5) is 13.1. The van der Waals surface area contributed by atoms with Crippen LogP contribution in [-0.2, 0) is 4.79 Å². The maximum atomic E-state index is 12.2. The van der Waals surface area contributed by atoms with Crippen LogP contribution in [0.25, 0.3) is 0 Å². The van der Waals surface area contributed by atoms with E-state index in [2.05, 4.69) is 42.4 Å². The molecule has 1 amide bonds. The summed E-state index contributed by atoms with van der Waals surface area (Å²) in [5.74, 6) is 1.55. The van der Waals surface area contributed by atoms with E-state index in [0.29, 0.717) is 17.5 Å². The fourth-order valence-corrected chi connectivity index (χ4v) is 2.83. The largest absolute Gasteiger partial charge is 0.481 e. The zero-order valence-electron chi connectivity index (χ0n) is 14.1. The summed E-state index contributed by atoms with van der Waals surface area (Å²) in [7, 11) is 0. The molecule has 1 aromatic heterocycles. The monoisotopic (exact) mass is 333 g/mol. The van der Waals surface area contributed by atoms with Gasteiger partial charge in [0.05, 0.1) is 11.1 Å². The number of nitrogens with one attached hydrogen (secondary N) is 2. The molecule has 0 aliphatic carbocycles. The first-order valence-corrected chi connectivity index (χ1v) is 8.80. The molecule has 0 bridgehead atoms. The number of carbonyl (C=O) groups is 1. The number of rotatable bonds is 6. The lowest BCUT2D eigenvalue weighted by Crippen LogP contribution is -2.30. The number of hydrogen-bond acceptors (Lipinski definition) is 4. The Labute approximate surface area is 141 Å². The molecule has 0 spiro atoms. The summed E-state index contributed by atoms with van der Waals surface area (Å²) in [6.45, 7) is 8.11. The Morgan fingerprint density at radius 2 is 2.09 bits per heavy atom. The number of benzene rings is 1. The third-order valence-corrected chi connectivity index (χ3v) is 4.37. The van der Waals surface area contributed by atoms with Gasteiger partial charge in [0, 0.05) is 0 Å². The average Bonchev–Trinajstić information content (AvgIpc) is 2.94. The van der Waals surface area contributed by atoms with E-state index in [1.807, 2.05) is 18.4 Å². The number of ether oxygens (including phenoxy) is 1. The van der Waals surface area contributed by atoms with Crippen LogP contribution in [0.4, 0.5) is 5.82 Å². The van der Waals surface area contributed by atoms with Gasteiger partial charge in [-0.2, -0.15) is 5.10 Å². The Morgan fingerprint density at radius 1 is 1.35 bits per heavy atom. The molecule has 0 fully saturated rings. The van der Waals surface area contributed by atoms with Crippen molar-refractivity contribution in [2.75, 3.05) is 11.6 Å². The second-order valence-electron chi connectivity index (χ2n) is 5.74. The van der Waals surface area contributed by atoms with Gasteiger partial charge >= 0.3 is 0 Å². The number of hydrogen-bond donors (Lipinski definition) is 2. The first-order valence-electron chi connectivity index (χ1n) is 7.57. The van der Waals surface area contributed by atoms with E-state index in [0.717, 1.165) is 4.90 Å². The van der Waals surface area contributed by atoms with Crippen molar-refractivity contribution in [2.24, 2.45) is 0 Å². The Balaban J connectivity index is 2.02. The lowest BCUT2D eigenvalue weighted by Gasteiger charge is -2.16. The van der Waals surface area contributed by atoms with Crippen LogP contribution in [0.2, 0.25) is 0 Å². The number of H-pyrrole nitrogens is 1. The minimum atomic E-state index is -0.600. The number of thioether (sulfide) groups is 1. The highest BCUT2D eigenvalue weighted by atomic mass is 32.2. The van der Waals surface area contributed by atoms with E-state index >= 15 is 0 Å². The summed E-state index contributed by atoms with van der Waals surface area (Å²) in [6.07, 6.45) is 3.01. The van der Waals surface area contributed by atoms with Gasteiger partial charge in [-0.3, -0.25) is 9.89 Å². The van der Waals surface area contributed by atoms with Crippen molar-refractivity contribution in [1.29, 1.82) is 0 Å². The van der Waals surface area contributed by atoms with E-state index in [1.165, 1.54) is 22.9 Å². The Kier molecular flexibility index (Phi) is 5.71. The normalized spacial score (nSPS) is 12.3. The van der Waals surface area contributed by atoms with Gasteiger partial charge in [0.25, 0.3) is 5.91 Å². The molecule has 1 aromatic carbocycles. The molecule has 0 saturated carbocycles. The molecular weight excluding hydrogens is 310 g/mol. The average molecular weight is 333 g/mol. The quantitative estimate of drug-likeness (QED) is 0.785. The van der Waals surface area contributed by atoms with Crippen molar-refractivity contribution in [2.45, 2.75) is 44.6 Å². The van der Waals surface area contributed by atoms with Gasteiger partial charge in [0.2, 0.25) is 0 Å². The Hall–Kier alpha value is -1.95. The maximum absolute atomic E-state index is 12.2. The molecule has 1 atom stereocenters. The molecule has 5 nitrogen and oxygen atoms in total. The zero-order chi connectivity index (χ0) is 17.0. The Bertz CT molecular complexity index is 682. The van der Waals surface area contributed by atoms with Crippen LogP contribution in [0.15, 0.2) is 29.3 Å². The number of aromatic nitrogens is 2. The van der Waals surface area contributed by atoms with Crippen LogP contribution < -0.4 is 10.1 Å². The molecule has 2 aromatic rings. The number of aromatic amines is 1. The van der Waals surface area contributed by atoms with Crippen LogP contribution in [-0.4, -0.2) is 28.5 Å². The van der Waals surface area contributed by atoms with Crippen molar-refractivity contribution in [3.63, 3.8) is 0 Å². The highest BCUT2D eigenvalue weighted by molar-refractivity contribution is 7.98. The second kappa shape index (κ2) is 7.55. The van der Waals surface area contributed by atoms with Crippen molar-refractivity contribution in [1.82, 2.24) is 10.2 Å². The van der Waals surface area contributed by atoms with E-state index in [-0.39, 0.29) is 5.91 Å². The number of carbonyl (C=O) groups excluding carboxylic acids is 1. The zero-order valence-corrected chi connectivity index (χ0v) is 15.0. The SMILES string of the molecule is CSc1cn[nH]c1NC(=O)[C@@H](C)Oc1ccc(C(C)C)c(C)c1. The van der Waals surface area contributed by atoms with Crippen molar-refractivity contribution < 1.29 is 9.53 Å². The molecule has 124 valence electrons. The third-order valence-electron chi connectivity index (χ3n) is 3.62. The van der Waals surface area contributed by atoms with Crippen molar-refractivity contribution in [3.8, 4) is 5.75 Å². The molecular formula is C17H23N3O2S. The Morgan fingerprint density at radius 3 is 2.70 bits per heavy atom. The fourth-order valence-electron chi connectivity index (χ4n) is 2.37. The molecule has 0 saturated heterocycles. The molecule has 2 N–H and O–H groups in total. The number of anilines is 1. The lowest BCUT2D eigenvalue weighted by molar-refractivity contribution is -0.122. The van der Waals surface area contributed by atoms with Gasteiger partial charge in [-0.25, -0.2) is 0 Å². The first-order chi connectivity index (χ1) is 10.9. The summed E-state index contributed by atoms with van der Waals surface area (Å²) in [5.41, 5.74) is 2.46. The minimum absolute atomic E-state index is 0.213. The molecule has 2 rings (SSSR count). The maximum Gasteiger partial charge on any atom is 0.266 e. The van der Waals surface area contributed by atoms with E-state index < -0.39 is 6.10 Å². The molecule has 0 aliphatic heterocycles. The van der Waals surface area contributed by atoms with Gasteiger partial charge in [-0.1, -0.05) is 19.9 Å². The van der Waals surface area contributed by atoms with Crippen LogP contribution in [0.5, 0.6) is 5.75 Å². The summed E-state index contributed by atoms with van der Waals surface area (Å²) in [6, 6.07) is 5.94. The topological polar surface area (TPSA) is 67.0 Å². The van der Waals surface area contributed by atoms with Crippen molar-refractivity contribution >= 4 is 23.5 Å². The van der Waals surface area contributed by atoms with Crippen molar-refractivity contribution in [3.05, 3.63) is 35.5 Å². The second-order valence-corrected chi connectivity index (χ2v) is 6.58. The van der Waals surface area contributed by atoms with Crippen LogP contribution in [0.3, 0.4) is 0 Å². The van der Waals surface area contributed by atoms with E-state index in [4.69, 9.17) is 4.74 Å². The van der Waals surface area contributed by atoms with E-state index in [1.54, 1.807) is 13.1 Å². The molecule has 23 heavy (non-hydrogen) atoms. The van der Waals surface area contributed by atoms with Crippen LogP contribution >= 0.6 is 11.8 Å². The highest BCUT2D eigenvalue weighted by Gasteiger charge is 2.17. The standard InChI is InChI=1S/C17H23N3O2S/c1-10(2)14-7-6-13(8-11(14)3)22-12(4)17(21)19-16-15(23-5)9-18-20-16/h6-10,12H,1-5H3,(H2,18,19,20,21)/t12-/m1/s1. The summed E-state index contributed by atoms with van der Waals surface area (Å²) >= 11 is 1.52. The minimum Gasteiger partial charge on any atom is -0.481 e. The van der Waals surface area contributed by atoms with Gasteiger partial charge in [-0.05, 0) is 49.3 Å². The van der Waals surface area contributed by atoms with Gasteiger partial charge in [-0.15, -0.1) is 11.8 Å².